The molecule has 1 unspecified atom stereocenters. The number of β-amino-alcohol motifs (C(OH)–C–C–N with tert-alkyl or cyclic N) is 1. The standard InChI is InChI=1S/C20H30N6O2/c1-15-5-6-18-21-22-19(26(18)23-15)17-7-11-24(12-8-17)13-20(28)9-3-4-10-25(14-20)16(2)27/h5-6,17,28H,3-4,7-14H2,1-2H3. The number of hydrogen-bond acceptors (Lipinski definition) is 6. The molecule has 4 rings (SSSR count). The first-order valence-electron chi connectivity index (χ1n) is 10.3. The zero-order valence-corrected chi connectivity index (χ0v) is 16.8. The van der Waals surface area contributed by atoms with Crippen LogP contribution in [0.2, 0.25) is 0 Å². The van der Waals surface area contributed by atoms with E-state index in [0.717, 1.165) is 68.9 Å². The highest BCUT2D eigenvalue weighted by Gasteiger charge is 2.36. The Hall–Kier alpha value is -2.06. The molecule has 2 aromatic rings. The second-order valence-electron chi connectivity index (χ2n) is 8.48. The minimum atomic E-state index is -0.810. The summed E-state index contributed by atoms with van der Waals surface area (Å²) < 4.78 is 1.87. The Kier molecular flexibility index (Phi) is 5.33. The van der Waals surface area contributed by atoms with Crippen LogP contribution in [-0.2, 0) is 4.79 Å². The van der Waals surface area contributed by atoms with Crippen LogP contribution in [0.15, 0.2) is 12.1 Å². The Bertz CT molecular complexity index is 844. The van der Waals surface area contributed by atoms with E-state index in [1.54, 1.807) is 11.8 Å². The van der Waals surface area contributed by atoms with E-state index in [9.17, 15) is 9.90 Å². The second-order valence-corrected chi connectivity index (χ2v) is 8.48. The molecule has 2 saturated heterocycles. The molecule has 4 heterocycles. The summed E-state index contributed by atoms with van der Waals surface area (Å²) in [5, 5.41) is 24.4. The predicted octanol–water partition coefficient (Wildman–Crippen LogP) is 1.38. The summed E-state index contributed by atoms with van der Waals surface area (Å²) in [5.41, 5.74) is 0.937. The predicted molar refractivity (Wildman–Crippen MR) is 105 cm³/mol. The third-order valence-electron chi connectivity index (χ3n) is 6.14. The number of hydrogen-bond donors (Lipinski definition) is 1. The van der Waals surface area contributed by atoms with Gasteiger partial charge in [0.05, 0.1) is 17.8 Å². The zero-order chi connectivity index (χ0) is 19.7. The minimum absolute atomic E-state index is 0.0560. The first-order valence-corrected chi connectivity index (χ1v) is 10.3. The van der Waals surface area contributed by atoms with Gasteiger partial charge in [0.15, 0.2) is 11.5 Å². The van der Waals surface area contributed by atoms with Crippen LogP contribution in [0.5, 0.6) is 0 Å². The van der Waals surface area contributed by atoms with Crippen LogP contribution >= 0.6 is 0 Å². The van der Waals surface area contributed by atoms with Crippen molar-refractivity contribution in [3.8, 4) is 0 Å². The summed E-state index contributed by atoms with van der Waals surface area (Å²) in [6.07, 6.45) is 4.64. The number of amides is 1. The molecule has 8 nitrogen and oxygen atoms in total. The van der Waals surface area contributed by atoms with Crippen LogP contribution in [-0.4, -0.2) is 78.9 Å². The highest BCUT2D eigenvalue weighted by Crippen LogP contribution is 2.29. The number of rotatable bonds is 3. The molecule has 2 aromatic heterocycles. The number of aryl methyl sites for hydroxylation is 1. The van der Waals surface area contributed by atoms with E-state index < -0.39 is 5.60 Å². The maximum absolute atomic E-state index is 11.8. The quantitative estimate of drug-likeness (QED) is 0.858. The molecule has 2 fully saturated rings. The van der Waals surface area contributed by atoms with Gasteiger partial charge in [0.25, 0.3) is 0 Å². The lowest BCUT2D eigenvalue weighted by atomic mass is 9.92. The molecule has 152 valence electrons. The van der Waals surface area contributed by atoms with Crippen LogP contribution in [0.25, 0.3) is 5.65 Å². The van der Waals surface area contributed by atoms with E-state index in [-0.39, 0.29) is 5.91 Å². The van der Waals surface area contributed by atoms with Crippen molar-refractivity contribution in [2.75, 3.05) is 32.7 Å². The number of nitrogens with zero attached hydrogens (tertiary/aromatic N) is 6. The van der Waals surface area contributed by atoms with Gasteiger partial charge < -0.3 is 14.9 Å². The molecule has 0 bridgehead atoms. The second kappa shape index (κ2) is 7.75. The topological polar surface area (TPSA) is 86.9 Å². The lowest BCUT2D eigenvalue weighted by Crippen LogP contribution is -2.52. The van der Waals surface area contributed by atoms with Crippen molar-refractivity contribution in [3.63, 3.8) is 0 Å². The van der Waals surface area contributed by atoms with Crippen molar-refractivity contribution < 1.29 is 9.90 Å². The van der Waals surface area contributed by atoms with Gasteiger partial charge in [-0.1, -0.05) is 0 Å². The maximum Gasteiger partial charge on any atom is 0.219 e. The van der Waals surface area contributed by atoms with Gasteiger partial charge in [-0.3, -0.25) is 4.79 Å². The fourth-order valence-corrected chi connectivity index (χ4v) is 4.59. The van der Waals surface area contributed by atoms with Crippen molar-refractivity contribution in [2.24, 2.45) is 0 Å². The van der Waals surface area contributed by atoms with Crippen molar-refractivity contribution >= 4 is 11.6 Å². The Balaban J connectivity index is 1.39. The van der Waals surface area contributed by atoms with E-state index >= 15 is 0 Å². The van der Waals surface area contributed by atoms with Gasteiger partial charge in [-0.05, 0) is 64.3 Å². The lowest BCUT2D eigenvalue weighted by molar-refractivity contribution is -0.132. The molecule has 28 heavy (non-hydrogen) atoms. The van der Waals surface area contributed by atoms with Crippen LogP contribution in [0, 0.1) is 6.92 Å². The molecule has 0 saturated carbocycles. The lowest BCUT2D eigenvalue weighted by Gasteiger charge is -2.39. The number of carbonyl (C=O) groups excluding carboxylic acids is 1. The van der Waals surface area contributed by atoms with Crippen LogP contribution < -0.4 is 0 Å². The normalized spacial score (nSPS) is 25.2. The molecular weight excluding hydrogens is 356 g/mol. The largest absolute Gasteiger partial charge is 0.387 e. The van der Waals surface area contributed by atoms with Gasteiger partial charge in [-0.25, -0.2) is 0 Å². The number of aromatic nitrogens is 4. The van der Waals surface area contributed by atoms with E-state index in [2.05, 4.69) is 20.2 Å². The first kappa shape index (κ1) is 19.3. The third kappa shape index (κ3) is 4.03. The van der Waals surface area contributed by atoms with Gasteiger partial charge in [-0.2, -0.15) is 9.61 Å². The van der Waals surface area contributed by atoms with Crippen LogP contribution in [0.3, 0.4) is 0 Å². The fraction of sp³-hybridized carbons (Fsp3) is 0.700. The molecule has 1 amide bonds. The zero-order valence-electron chi connectivity index (χ0n) is 16.8. The van der Waals surface area contributed by atoms with Crippen LogP contribution in [0.1, 0.15) is 56.5 Å². The third-order valence-corrected chi connectivity index (χ3v) is 6.14. The highest BCUT2D eigenvalue weighted by molar-refractivity contribution is 5.73. The molecule has 1 atom stereocenters. The van der Waals surface area contributed by atoms with E-state index in [0.29, 0.717) is 19.0 Å². The van der Waals surface area contributed by atoms with E-state index in [4.69, 9.17) is 0 Å². The average Bonchev–Trinajstić information content (AvgIpc) is 2.97. The molecule has 0 radical (unpaired) electrons. The van der Waals surface area contributed by atoms with Crippen molar-refractivity contribution in [1.29, 1.82) is 0 Å². The minimum Gasteiger partial charge on any atom is -0.387 e. The average molecular weight is 387 g/mol. The van der Waals surface area contributed by atoms with Gasteiger partial charge >= 0.3 is 0 Å². The number of likely N-dealkylation sites (tertiary alicyclic amines) is 2. The summed E-state index contributed by atoms with van der Waals surface area (Å²) in [6.45, 7) is 7.22. The Morgan fingerprint density at radius 2 is 2.00 bits per heavy atom. The summed E-state index contributed by atoms with van der Waals surface area (Å²) in [5.74, 6) is 1.33. The molecular formula is C20H30N6O2. The van der Waals surface area contributed by atoms with E-state index in [1.807, 2.05) is 23.6 Å². The molecule has 2 aliphatic heterocycles. The summed E-state index contributed by atoms with van der Waals surface area (Å²) >= 11 is 0. The summed E-state index contributed by atoms with van der Waals surface area (Å²) in [6, 6.07) is 3.91. The molecule has 0 spiro atoms. The number of aliphatic hydroxyl groups is 1. The van der Waals surface area contributed by atoms with Gasteiger partial charge in [0.2, 0.25) is 5.91 Å². The molecule has 0 aliphatic carbocycles. The molecule has 2 aliphatic rings. The van der Waals surface area contributed by atoms with Crippen molar-refractivity contribution in [1.82, 2.24) is 29.6 Å². The number of carbonyl (C=O) groups is 1. The molecule has 1 N–H and O–H groups in total. The van der Waals surface area contributed by atoms with Gasteiger partial charge in [0.1, 0.15) is 0 Å². The van der Waals surface area contributed by atoms with E-state index in [1.165, 1.54) is 0 Å². The van der Waals surface area contributed by atoms with Gasteiger partial charge in [-0.15, -0.1) is 10.2 Å². The SMILES string of the molecule is CC(=O)N1CCCCC(O)(CN2CCC(c3nnc4ccc(C)nn34)CC2)C1. The maximum atomic E-state index is 11.8. The Morgan fingerprint density at radius 1 is 1.21 bits per heavy atom. The highest BCUT2D eigenvalue weighted by atomic mass is 16.3. The monoisotopic (exact) mass is 386 g/mol. The summed E-state index contributed by atoms with van der Waals surface area (Å²) in [4.78, 5) is 16.0. The smallest absolute Gasteiger partial charge is 0.219 e. The van der Waals surface area contributed by atoms with Crippen molar-refractivity contribution in [3.05, 3.63) is 23.7 Å². The van der Waals surface area contributed by atoms with Gasteiger partial charge in [0, 0.05) is 25.9 Å². The molecule has 0 aromatic carbocycles. The Labute approximate surface area is 165 Å². The fourth-order valence-electron chi connectivity index (χ4n) is 4.59. The molecule has 8 heteroatoms. The first-order chi connectivity index (χ1) is 13.4. The number of piperidine rings is 1. The Morgan fingerprint density at radius 3 is 2.75 bits per heavy atom. The summed E-state index contributed by atoms with van der Waals surface area (Å²) in [7, 11) is 0. The number of fused-ring (bicyclic) bond motifs is 1. The van der Waals surface area contributed by atoms with Crippen molar-refractivity contribution in [2.45, 2.75) is 57.5 Å². The van der Waals surface area contributed by atoms with Crippen LogP contribution in [0.4, 0.5) is 0 Å².